The number of imidazole rings is 1. The van der Waals surface area contributed by atoms with Crippen LogP contribution in [-0.2, 0) is 6.54 Å². The van der Waals surface area contributed by atoms with E-state index in [9.17, 15) is 0 Å². The molecule has 0 aliphatic carbocycles. The van der Waals surface area contributed by atoms with Gasteiger partial charge in [0.25, 0.3) is 0 Å². The lowest BCUT2D eigenvalue weighted by Gasteiger charge is -1.99. The average Bonchev–Trinajstić information content (AvgIpc) is 2.96. The Morgan fingerprint density at radius 2 is 2.19 bits per heavy atom. The number of H-pyrrole nitrogens is 1. The fourth-order valence-corrected chi connectivity index (χ4v) is 1.65. The number of nitrogens with zero attached hydrogens (tertiary/aromatic N) is 1. The Hall–Kier alpha value is -2.01. The maximum atomic E-state index is 5.52. The summed E-state index contributed by atoms with van der Waals surface area (Å²) in [5, 5.41) is 0. The predicted molar refractivity (Wildman–Crippen MR) is 58.0 cm³/mol. The van der Waals surface area contributed by atoms with E-state index < -0.39 is 0 Å². The van der Waals surface area contributed by atoms with Crippen LogP contribution in [0.15, 0.2) is 24.4 Å². The average molecular weight is 217 g/mol. The number of benzene rings is 1. The van der Waals surface area contributed by atoms with E-state index in [1.165, 1.54) is 0 Å². The smallest absolute Gasteiger partial charge is 0.231 e. The van der Waals surface area contributed by atoms with Gasteiger partial charge in [-0.2, -0.15) is 0 Å². The zero-order valence-corrected chi connectivity index (χ0v) is 8.56. The molecule has 0 fully saturated rings. The van der Waals surface area contributed by atoms with Crippen LogP contribution in [0, 0.1) is 0 Å². The van der Waals surface area contributed by atoms with Gasteiger partial charge < -0.3 is 20.2 Å². The van der Waals surface area contributed by atoms with Crippen LogP contribution >= 0.6 is 0 Å². The number of aromatic nitrogens is 2. The van der Waals surface area contributed by atoms with Gasteiger partial charge in [0, 0.05) is 24.0 Å². The molecule has 1 aliphatic rings. The van der Waals surface area contributed by atoms with Crippen LogP contribution < -0.4 is 15.2 Å². The van der Waals surface area contributed by atoms with Crippen molar-refractivity contribution in [2.45, 2.75) is 6.54 Å². The summed E-state index contributed by atoms with van der Waals surface area (Å²) in [6.07, 6.45) is 1.74. The number of hydrogen-bond donors (Lipinski definition) is 2. The van der Waals surface area contributed by atoms with Crippen molar-refractivity contribution in [2.75, 3.05) is 6.79 Å². The van der Waals surface area contributed by atoms with Gasteiger partial charge in [0.1, 0.15) is 5.82 Å². The van der Waals surface area contributed by atoms with E-state index in [1.807, 2.05) is 18.2 Å². The van der Waals surface area contributed by atoms with E-state index in [2.05, 4.69) is 9.97 Å². The third kappa shape index (κ3) is 1.42. The highest BCUT2D eigenvalue weighted by molar-refractivity contribution is 5.61. The minimum atomic E-state index is 0.283. The molecule has 16 heavy (non-hydrogen) atoms. The van der Waals surface area contributed by atoms with E-state index >= 15 is 0 Å². The van der Waals surface area contributed by atoms with Crippen LogP contribution in [0.2, 0.25) is 0 Å². The molecule has 3 N–H and O–H groups in total. The first-order chi connectivity index (χ1) is 7.86. The van der Waals surface area contributed by atoms with Crippen molar-refractivity contribution in [2.24, 2.45) is 5.73 Å². The molecule has 0 amide bonds. The molecule has 1 aromatic carbocycles. The number of nitrogens with two attached hydrogens (primary N) is 1. The molecule has 0 saturated heterocycles. The maximum absolute atomic E-state index is 5.52. The highest BCUT2D eigenvalue weighted by atomic mass is 16.7. The molecule has 2 heterocycles. The number of hydrogen-bond acceptors (Lipinski definition) is 4. The first-order valence-electron chi connectivity index (χ1n) is 5.01. The Morgan fingerprint density at radius 3 is 3.00 bits per heavy atom. The maximum Gasteiger partial charge on any atom is 0.231 e. The highest BCUT2D eigenvalue weighted by Crippen LogP contribution is 2.34. The summed E-state index contributed by atoms with van der Waals surface area (Å²) in [4.78, 5) is 7.39. The fraction of sp³-hybridized carbons (Fsp3) is 0.182. The van der Waals surface area contributed by atoms with Gasteiger partial charge in [-0.1, -0.05) is 0 Å². The summed E-state index contributed by atoms with van der Waals surface area (Å²) < 4.78 is 10.5. The van der Waals surface area contributed by atoms with Gasteiger partial charge in [-0.25, -0.2) is 4.98 Å². The summed E-state index contributed by atoms with van der Waals surface area (Å²) in [5.74, 6) is 2.32. The molecule has 0 bridgehead atoms. The molecule has 0 radical (unpaired) electrons. The van der Waals surface area contributed by atoms with Crippen LogP contribution in [0.3, 0.4) is 0 Å². The molecule has 0 unspecified atom stereocenters. The molecule has 0 spiro atoms. The molecular weight excluding hydrogens is 206 g/mol. The topological polar surface area (TPSA) is 73.2 Å². The molecule has 0 atom stereocenters. The summed E-state index contributed by atoms with van der Waals surface area (Å²) >= 11 is 0. The lowest BCUT2D eigenvalue weighted by molar-refractivity contribution is 0.174. The highest BCUT2D eigenvalue weighted by Gasteiger charge is 2.14. The molecule has 82 valence electrons. The van der Waals surface area contributed by atoms with E-state index in [0.29, 0.717) is 6.54 Å². The van der Waals surface area contributed by atoms with Crippen LogP contribution in [0.4, 0.5) is 0 Å². The van der Waals surface area contributed by atoms with Crippen molar-refractivity contribution < 1.29 is 9.47 Å². The quantitative estimate of drug-likeness (QED) is 0.794. The summed E-state index contributed by atoms with van der Waals surface area (Å²) in [7, 11) is 0. The summed E-state index contributed by atoms with van der Waals surface area (Å²) in [6, 6.07) is 5.72. The second-order valence-electron chi connectivity index (χ2n) is 3.53. The molecule has 2 aromatic rings. The molecule has 3 rings (SSSR count). The van der Waals surface area contributed by atoms with E-state index in [-0.39, 0.29) is 6.79 Å². The van der Waals surface area contributed by atoms with Crippen LogP contribution in [0.1, 0.15) is 5.69 Å². The first-order valence-corrected chi connectivity index (χ1v) is 5.01. The second-order valence-corrected chi connectivity index (χ2v) is 3.53. The van der Waals surface area contributed by atoms with Gasteiger partial charge in [-0.3, -0.25) is 0 Å². The zero-order chi connectivity index (χ0) is 11.0. The normalized spacial score (nSPS) is 13.1. The van der Waals surface area contributed by atoms with E-state index in [0.717, 1.165) is 28.6 Å². The largest absolute Gasteiger partial charge is 0.454 e. The standard InChI is InChI=1S/C11H11N3O2/c12-4-8-5-13-11(14-8)7-1-2-9-10(3-7)16-6-15-9/h1-3,5H,4,6,12H2,(H,13,14). The van der Waals surface area contributed by atoms with E-state index in [4.69, 9.17) is 15.2 Å². The van der Waals surface area contributed by atoms with Crippen molar-refractivity contribution >= 4 is 0 Å². The van der Waals surface area contributed by atoms with Gasteiger partial charge >= 0.3 is 0 Å². The monoisotopic (exact) mass is 217 g/mol. The Balaban J connectivity index is 2.00. The minimum Gasteiger partial charge on any atom is -0.454 e. The Labute approximate surface area is 92.2 Å². The molecule has 5 heteroatoms. The van der Waals surface area contributed by atoms with Gasteiger partial charge in [-0.15, -0.1) is 0 Å². The lowest BCUT2D eigenvalue weighted by Crippen LogP contribution is -1.95. The van der Waals surface area contributed by atoms with E-state index in [1.54, 1.807) is 6.20 Å². The van der Waals surface area contributed by atoms with Crippen LogP contribution in [0.5, 0.6) is 11.5 Å². The van der Waals surface area contributed by atoms with Crippen molar-refractivity contribution in [3.05, 3.63) is 30.1 Å². The molecule has 1 aromatic heterocycles. The Morgan fingerprint density at radius 1 is 1.31 bits per heavy atom. The molecular formula is C11H11N3O2. The van der Waals surface area contributed by atoms with Crippen LogP contribution in [-0.4, -0.2) is 16.8 Å². The third-order valence-corrected chi connectivity index (χ3v) is 2.49. The summed E-state index contributed by atoms with van der Waals surface area (Å²) in [6.45, 7) is 0.739. The first kappa shape index (κ1) is 9.23. The van der Waals surface area contributed by atoms with Crippen LogP contribution in [0.25, 0.3) is 11.4 Å². The minimum absolute atomic E-state index is 0.283. The Kier molecular flexibility index (Phi) is 2.04. The number of rotatable bonds is 2. The van der Waals surface area contributed by atoms with Crippen molar-refractivity contribution in [1.29, 1.82) is 0 Å². The summed E-state index contributed by atoms with van der Waals surface area (Å²) in [5.41, 5.74) is 7.39. The third-order valence-electron chi connectivity index (χ3n) is 2.49. The Bertz CT molecular complexity index is 522. The van der Waals surface area contributed by atoms with Gasteiger partial charge in [0.05, 0.1) is 0 Å². The van der Waals surface area contributed by atoms with Gasteiger partial charge in [-0.05, 0) is 18.2 Å². The number of aromatic amines is 1. The molecule has 1 aliphatic heterocycles. The fourth-order valence-electron chi connectivity index (χ4n) is 1.65. The molecule has 5 nitrogen and oxygen atoms in total. The predicted octanol–water partition coefficient (Wildman–Crippen LogP) is 1.26. The zero-order valence-electron chi connectivity index (χ0n) is 8.56. The second kappa shape index (κ2) is 3.53. The number of fused-ring (bicyclic) bond motifs is 1. The van der Waals surface area contributed by atoms with Gasteiger partial charge in [0.2, 0.25) is 6.79 Å². The van der Waals surface area contributed by atoms with Gasteiger partial charge in [0.15, 0.2) is 11.5 Å². The number of ether oxygens (including phenoxy) is 2. The van der Waals surface area contributed by atoms with Crippen molar-refractivity contribution in [1.82, 2.24) is 9.97 Å². The lowest BCUT2D eigenvalue weighted by atomic mass is 10.2. The van der Waals surface area contributed by atoms with Crippen molar-refractivity contribution in [3.63, 3.8) is 0 Å². The van der Waals surface area contributed by atoms with Crippen molar-refractivity contribution in [3.8, 4) is 22.9 Å². The number of nitrogens with one attached hydrogen (secondary N) is 1. The molecule has 0 saturated carbocycles. The SMILES string of the molecule is NCc1cnc(-c2ccc3c(c2)OCO3)[nH]1.